The van der Waals surface area contributed by atoms with Gasteiger partial charge in [-0.25, -0.2) is 8.42 Å². The van der Waals surface area contributed by atoms with Gasteiger partial charge >= 0.3 is 0 Å². The Balaban J connectivity index is 1.36. The van der Waals surface area contributed by atoms with Crippen molar-refractivity contribution in [2.45, 2.75) is 25.7 Å². The summed E-state index contributed by atoms with van der Waals surface area (Å²) in [5.41, 5.74) is 1.72. The molecule has 0 spiro atoms. The highest BCUT2D eigenvalue weighted by atomic mass is 32.2. The maximum Gasteiger partial charge on any atom is 0.229 e. The van der Waals surface area contributed by atoms with Crippen molar-refractivity contribution >= 4 is 27.2 Å². The van der Waals surface area contributed by atoms with Crippen LogP contribution in [-0.4, -0.2) is 63.2 Å². The fourth-order valence-corrected chi connectivity index (χ4v) is 4.36. The van der Waals surface area contributed by atoms with E-state index in [1.807, 2.05) is 6.07 Å². The quantitative estimate of drug-likeness (QED) is 0.331. The van der Waals surface area contributed by atoms with Crippen molar-refractivity contribution in [3.8, 4) is 5.75 Å². The van der Waals surface area contributed by atoms with E-state index in [0.29, 0.717) is 12.0 Å². The molecule has 0 bridgehead atoms. The standard InChI is InChI=1S/C23H31N3O4S/c1-31(29,30)24-21-18-19(11-12-23(21)28)22(27)10-6-3-7-13-25-14-16-26(17-15-25)20-8-4-2-5-9-20/h2,4-5,8-9,11-12,18,24,28H,3,6-7,10,13-17H2,1H3. The van der Waals surface area contributed by atoms with Gasteiger partial charge in [-0.15, -0.1) is 0 Å². The Bertz CT molecular complexity index is 972. The van der Waals surface area contributed by atoms with Crippen molar-refractivity contribution in [1.29, 1.82) is 0 Å². The molecule has 2 aromatic rings. The van der Waals surface area contributed by atoms with Crippen LogP contribution < -0.4 is 9.62 Å². The zero-order chi connectivity index (χ0) is 22.3. The molecule has 8 heteroatoms. The molecule has 2 N–H and O–H groups in total. The number of piperazine rings is 1. The Labute approximate surface area is 184 Å². The molecule has 0 atom stereocenters. The minimum atomic E-state index is -3.53. The summed E-state index contributed by atoms with van der Waals surface area (Å²) in [6, 6.07) is 14.8. The van der Waals surface area contributed by atoms with Crippen LogP contribution in [0.25, 0.3) is 0 Å². The van der Waals surface area contributed by atoms with Gasteiger partial charge < -0.3 is 10.0 Å². The normalized spacial score (nSPS) is 15.1. The number of anilines is 2. The number of nitrogens with zero attached hydrogens (tertiary/aromatic N) is 2. The summed E-state index contributed by atoms with van der Waals surface area (Å²) in [5.74, 6) is -0.248. The fourth-order valence-electron chi connectivity index (χ4n) is 3.80. The van der Waals surface area contributed by atoms with Crippen molar-refractivity contribution in [3.63, 3.8) is 0 Å². The number of aromatic hydroxyl groups is 1. The van der Waals surface area contributed by atoms with Gasteiger partial charge in [-0.1, -0.05) is 24.6 Å². The second-order valence-corrected chi connectivity index (χ2v) is 9.75. The third-order valence-corrected chi connectivity index (χ3v) is 6.08. The molecule has 31 heavy (non-hydrogen) atoms. The summed E-state index contributed by atoms with van der Waals surface area (Å²) >= 11 is 0. The molecule has 1 aliphatic rings. The fraction of sp³-hybridized carbons (Fsp3) is 0.435. The van der Waals surface area contributed by atoms with Gasteiger partial charge in [-0.3, -0.25) is 14.4 Å². The molecular weight excluding hydrogens is 414 g/mol. The number of sulfonamides is 1. The van der Waals surface area contributed by atoms with Gasteiger partial charge in [-0.2, -0.15) is 0 Å². The number of carbonyl (C=O) groups excluding carboxylic acids is 1. The lowest BCUT2D eigenvalue weighted by atomic mass is 10.0. The molecule has 1 saturated heterocycles. The van der Waals surface area contributed by atoms with Gasteiger partial charge in [-0.05, 0) is 49.7 Å². The van der Waals surface area contributed by atoms with Crippen LogP contribution in [0.15, 0.2) is 48.5 Å². The average molecular weight is 446 g/mol. The first-order chi connectivity index (χ1) is 14.8. The molecule has 0 radical (unpaired) electrons. The number of carbonyl (C=O) groups is 1. The molecule has 0 unspecified atom stereocenters. The Hall–Kier alpha value is -2.58. The molecule has 1 fully saturated rings. The number of phenols is 1. The number of unbranched alkanes of at least 4 members (excludes halogenated alkanes) is 2. The van der Waals surface area contributed by atoms with Gasteiger partial charge in [0.05, 0.1) is 11.9 Å². The highest BCUT2D eigenvalue weighted by Gasteiger charge is 2.17. The maximum absolute atomic E-state index is 12.4. The van der Waals surface area contributed by atoms with E-state index in [-0.39, 0.29) is 17.2 Å². The van der Waals surface area contributed by atoms with Crippen molar-refractivity contribution in [2.75, 3.05) is 48.6 Å². The SMILES string of the molecule is CS(=O)(=O)Nc1cc(C(=O)CCCCCN2CCN(c3ccccc3)CC2)ccc1O. The lowest BCUT2D eigenvalue weighted by Crippen LogP contribution is -2.46. The third-order valence-electron chi connectivity index (χ3n) is 5.49. The highest BCUT2D eigenvalue weighted by Crippen LogP contribution is 2.26. The molecule has 0 amide bonds. The van der Waals surface area contributed by atoms with E-state index in [2.05, 4.69) is 38.8 Å². The van der Waals surface area contributed by atoms with Crippen LogP contribution >= 0.6 is 0 Å². The molecule has 3 rings (SSSR count). The lowest BCUT2D eigenvalue weighted by Gasteiger charge is -2.36. The smallest absolute Gasteiger partial charge is 0.229 e. The van der Waals surface area contributed by atoms with Crippen molar-refractivity contribution in [2.24, 2.45) is 0 Å². The summed E-state index contributed by atoms with van der Waals surface area (Å²) in [4.78, 5) is 17.3. The molecule has 0 aromatic heterocycles. The van der Waals surface area contributed by atoms with E-state index in [9.17, 15) is 18.3 Å². The number of para-hydroxylation sites is 1. The van der Waals surface area contributed by atoms with E-state index < -0.39 is 10.0 Å². The zero-order valence-corrected chi connectivity index (χ0v) is 18.8. The predicted octanol–water partition coefficient (Wildman–Crippen LogP) is 3.33. The number of Topliss-reactive ketones (excluding diaryl/α,β-unsaturated/α-hetero) is 1. The average Bonchev–Trinajstić information content (AvgIpc) is 2.75. The second-order valence-electron chi connectivity index (χ2n) is 8.00. The Morgan fingerprint density at radius 1 is 1.00 bits per heavy atom. The summed E-state index contributed by atoms with van der Waals surface area (Å²) < 4.78 is 25.0. The van der Waals surface area contributed by atoms with E-state index in [1.54, 1.807) is 0 Å². The first kappa shape index (κ1) is 23.1. The Morgan fingerprint density at radius 2 is 1.71 bits per heavy atom. The lowest BCUT2D eigenvalue weighted by molar-refractivity contribution is 0.0978. The van der Waals surface area contributed by atoms with Crippen LogP contribution in [0.5, 0.6) is 5.75 Å². The van der Waals surface area contributed by atoms with Crippen LogP contribution in [0, 0.1) is 0 Å². The van der Waals surface area contributed by atoms with Crippen molar-refractivity contribution < 1.29 is 18.3 Å². The van der Waals surface area contributed by atoms with E-state index >= 15 is 0 Å². The molecule has 0 aliphatic carbocycles. The number of rotatable bonds is 10. The minimum Gasteiger partial charge on any atom is -0.506 e. The first-order valence-corrected chi connectivity index (χ1v) is 12.6. The van der Waals surface area contributed by atoms with Crippen LogP contribution in [0.1, 0.15) is 36.0 Å². The Morgan fingerprint density at radius 3 is 2.39 bits per heavy atom. The van der Waals surface area contributed by atoms with Crippen LogP contribution in [-0.2, 0) is 10.0 Å². The highest BCUT2D eigenvalue weighted by molar-refractivity contribution is 7.92. The van der Waals surface area contributed by atoms with Gasteiger partial charge in [0.2, 0.25) is 10.0 Å². The maximum atomic E-state index is 12.4. The summed E-state index contributed by atoms with van der Waals surface area (Å²) in [7, 11) is -3.53. The van der Waals surface area contributed by atoms with E-state index in [4.69, 9.17) is 0 Å². The monoisotopic (exact) mass is 445 g/mol. The summed E-state index contributed by atoms with van der Waals surface area (Å²) in [5, 5.41) is 9.79. The van der Waals surface area contributed by atoms with Gasteiger partial charge in [0.25, 0.3) is 0 Å². The number of hydrogen-bond acceptors (Lipinski definition) is 6. The third kappa shape index (κ3) is 7.25. The van der Waals surface area contributed by atoms with Gasteiger partial charge in [0.15, 0.2) is 5.78 Å². The van der Waals surface area contributed by atoms with Crippen molar-refractivity contribution in [3.05, 3.63) is 54.1 Å². The first-order valence-electron chi connectivity index (χ1n) is 10.7. The minimum absolute atomic E-state index is 0.0306. The van der Waals surface area contributed by atoms with Crippen LogP contribution in [0.4, 0.5) is 11.4 Å². The van der Waals surface area contributed by atoms with Crippen LogP contribution in [0.3, 0.4) is 0 Å². The van der Waals surface area contributed by atoms with E-state index in [1.165, 1.54) is 23.9 Å². The van der Waals surface area contributed by atoms with Crippen LogP contribution in [0.2, 0.25) is 0 Å². The molecule has 0 saturated carbocycles. The number of nitrogens with one attached hydrogen (secondary N) is 1. The number of phenolic OH excluding ortho intramolecular Hbond substituents is 1. The zero-order valence-electron chi connectivity index (χ0n) is 18.0. The molecule has 2 aromatic carbocycles. The molecular formula is C23H31N3O4S. The topological polar surface area (TPSA) is 90.0 Å². The number of benzene rings is 2. The van der Waals surface area contributed by atoms with Gasteiger partial charge in [0, 0.05) is 43.9 Å². The van der Waals surface area contributed by atoms with E-state index in [0.717, 1.165) is 58.2 Å². The van der Waals surface area contributed by atoms with Gasteiger partial charge in [0.1, 0.15) is 5.75 Å². The molecule has 168 valence electrons. The second kappa shape index (κ2) is 10.6. The summed E-state index contributed by atoms with van der Waals surface area (Å²) in [6.07, 6.45) is 4.22. The number of ketones is 1. The predicted molar refractivity (Wildman–Crippen MR) is 124 cm³/mol. The molecule has 1 aliphatic heterocycles. The molecule has 1 heterocycles. The van der Waals surface area contributed by atoms with Crippen molar-refractivity contribution in [1.82, 2.24) is 4.90 Å². The Kier molecular flexibility index (Phi) is 7.92. The number of hydrogen-bond donors (Lipinski definition) is 2. The molecule has 7 nitrogen and oxygen atoms in total. The largest absolute Gasteiger partial charge is 0.506 e. The summed E-state index contributed by atoms with van der Waals surface area (Å²) in [6.45, 7) is 5.22.